The van der Waals surface area contributed by atoms with Crippen molar-refractivity contribution in [1.29, 1.82) is 5.26 Å². The van der Waals surface area contributed by atoms with Crippen LogP contribution >= 0.6 is 0 Å². The molecule has 0 atom stereocenters. The van der Waals surface area contributed by atoms with Crippen LogP contribution in [0.1, 0.15) is 19.4 Å². The van der Waals surface area contributed by atoms with Crippen LogP contribution in [0.3, 0.4) is 0 Å². The van der Waals surface area contributed by atoms with Crippen molar-refractivity contribution in [2.24, 2.45) is 0 Å². The number of benzene rings is 2. The third-order valence-electron chi connectivity index (χ3n) is 3.49. The van der Waals surface area contributed by atoms with Crippen LogP contribution in [-0.2, 0) is 4.79 Å². The topological polar surface area (TPSA) is 71.3 Å². The van der Waals surface area contributed by atoms with E-state index in [0.717, 1.165) is 16.5 Å². The van der Waals surface area contributed by atoms with E-state index >= 15 is 0 Å². The maximum absolute atomic E-state index is 11.9. The van der Waals surface area contributed by atoms with Gasteiger partial charge in [0.2, 0.25) is 0 Å². The van der Waals surface area contributed by atoms with Crippen molar-refractivity contribution in [1.82, 2.24) is 5.32 Å². The van der Waals surface area contributed by atoms with E-state index in [-0.39, 0.29) is 5.57 Å². The standard InChI is InChI=1S/C19H20N2O3/c1-4-23-15-8-6-13-7-9-18(24-5-2)17(16(13)11-15)10-14(12-20)19(22)21-3/h6-11H,4-5H2,1-3H3,(H,21,22)/b14-10-. The number of hydrogen-bond donors (Lipinski definition) is 1. The maximum Gasteiger partial charge on any atom is 0.261 e. The number of fused-ring (bicyclic) bond motifs is 1. The summed E-state index contributed by atoms with van der Waals surface area (Å²) in [6.45, 7) is 4.85. The van der Waals surface area contributed by atoms with E-state index in [4.69, 9.17) is 9.47 Å². The molecule has 124 valence electrons. The largest absolute Gasteiger partial charge is 0.494 e. The number of nitrogens with zero attached hydrogens (tertiary/aromatic N) is 1. The third-order valence-corrected chi connectivity index (χ3v) is 3.49. The predicted molar refractivity (Wildman–Crippen MR) is 93.9 cm³/mol. The molecule has 5 nitrogen and oxygen atoms in total. The first-order valence-electron chi connectivity index (χ1n) is 7.80. The number of carbonyl (C=O) groups excluding carboxylic acids is 1. The average molecular weight is 324 g/mol. The van der Waals surface area contributed by atoms with E-state index in [2.05, 4.69) is 5.32 Å². The smallest absolute Gasteiger partial charge is 0.261 e. The second kappa shape index (κ2) is 8.02. The molecule has 2 aromatic rings. The van der Waals surface area contributed by atoms with Crippen LogP contribution < -0.4 is 14.8 Å². The normalized spacial score (nSPS) is 11.0. The lowest BCUT2D eigenvalue weighted by Gasteiger charge is -2.12. The molecule has 2 aromatic carbocycles. The van der Waals surface area contributed by atoms with Gasteiger partial charge in [-0.1, -0.05) is 12.1 Å². The van der Waals surface area contributed by atoms with Crippen molar-refractivity contribution in [3.05, 3.63) is 41.5 Å². The van der Waals surface area contributed by atoms with Crippen LogP contribution in [-0.4, -0.2) is 26.2 Å². The summed E-state index contributed by atoms with van der Waals surface area (Å²) >= 11 is 0. The number of amides is 1. The van der Waals surface area contributed by atoms with Crippen molar-refractivity contribution < 1.29 is 14.3 Å². The fourth-order valence-electron chi connectivity index (χ4n) is 2.42. The van der Waals surface area contributed by atoms with Crippen LogP contribution in [0.2, 0.25) is 0 Å². The number of hydrogen-bond acceptors (Lipinski definition) is 4. The molecule has 0 aromatic heterocycles. The highest BCUT2D eigenvalue weighted by Gasteiger charge is 2.13. The molecule has 0 saturated heterocycles. The van der Waals surface area contributed by atoms with Crippen LogP contribution in [0.4, 0.5) is 0 Å². The average Bonchev–Trinajstić information content (AvgIpc) is 2.60. The summed E-state index contributed by atoms with van der Waals surface area (Å²) in [5.74, 6) is 0.917. The quantitative estimate of drug-likeness (QED) is 0.654. The maximum atomic E-state index is 11.9. The Labute approximate surface area is 141 Å². The zero-order chi connectivity index (χ0) is 17.5. The summed E-state index contributed by atoms with van der Waals surface area (Å²) < 4.78 is 11.2. The van der Waals surface area contributed by atoms with Crippen LogP contribution in [0, 0.1) is 11.3 Å². The van der Waals surface area contributed by atoms with Gasteiger partial charge >= 0.3 is 0 Å². The Balaban J connectivity index is 2.72. The number of rotatable bonds is 6. The molecule has 0 fully saturated rings. The number of likely N-dealkylation sites (N-methyl/N-ethyl adjacent to an activating group) is 1. The summed E-state index contributed by atoms with van der Waals surface area (Å²) in [6, 6.07) is 11.5. The van der Waals surface area contributed by atoms with Gasteiger partial charge in [-0.3, -0.25) is 4.79 Å². The molecule has 1 N–H and O–H groups in total. The molecule has 0 bridgehead atoms. The highest BCUT2D eigenvalue weighted by atomic mass is 16.5. The first kappa shape index (κ1) is 17.4. The minimum Gasteiger partial charge on any atom is -0.494 e. The molecule has 0 heterocycles. The molecule has 0 aliphatic rings. The van der Waals surface area contributed by atoms with Gasteiger partial charge < -0.3 is 14.8 Å². The Kier molecular flexibility index (Phi) is 5.80. The molecular formula is C19H20N2O3. The fraction of sp³-hybridized carbons (Fsp3) is 0.263. The molecule has 0 aliphatic carbocycles. The van der Waals surface area contributed by atoms with Gasteiger partial charge in [-0.15, -0.1) is 0 Å². The number of nitriles is 1. The van der Waals surface area contributed by atoms with E-state index < -0.39 is 5.91 Å². The zero-order valence-electron chi connectivity index (χ0n) is 14.1. The minimum atomic E-state index is -0.432. The van der Waals surface area contributed by atoms with E-state index in [1.54, 1.807) is 6.08 Å². The van der Waals surface area contributed by atoms with Gasteiger partial charge in [-0.25, -0.2) is 0 Å². The molecular weight excluding hydrogens is 304 g/mol. The molecule has 2 rings (SSSR count). The minimum absolute atomic E-state index is 0.0211. The van der Waals surface area contributed by atoms with E-state index in [1.165, 1.54) is 7.05 Å². The second-order valence-electron chi connectivity index (χ2n) is 4.98. The number of ether oxygens (including phenoxy) is 2. The Hall–Kier alpha value is -3.00. The van der Waals surface area contributed by atoms with Gasteiger partial charge in [0.25, 0.3) is 5.91 Å². The Morgan fingerprint density at radius 3 is 2.54 bits per heavy atom. The Morgan fingerprint density at radius 2 is 1.92 bits per heavy atom. The van der Waals surface area contributed by atoms with Gasteiger partial charge in [-0.05, 0) is 48.9 Å². The SMILES string of the molecule is CCOc1ccc2ccc(OCC)c(/C=C(/C#N)C(=O)NC)c2c1. The van der Waals surface area contributed by atoms with Gasteiger partial charge in [0.15, 0.2) is 0 Å². The number of nitrogens with one attached hydrogen (secondary N) is 1. The van der Waals surface area contributed by atoms with Crippen LogP contribution in [0.15, 0.2) is 35.9 Å². The predicted octanol–water partition coefficient (Wildman–Crippen LogP) is 3.29. The van der Waals surface area contributed by atoms with E-state index in [9.17, 15) is 10.1 Å². The first-order valence-corrected chi connectivity index (χ1v) is 7.80. The summed E-state index contributed by atoms with van der Waals surface area (Å²) in [4.78, 5) is 11.9. The summed E-state index contributed by atoms with van der Waals surface area (Å²) in [5, 5.41) is 13.6. The Bertz CT molecular complexity index is 814. The molecule has 0 radical (unpaired) electrons. The van der Waals surface area contributed by atoms with E-state index in [0.29, 0.717) is 24.5 Å². The van der Waals surface area contributed by atoms with Gasteiger partial charge in [0.1, 0.15) is 23.1 Å². The van der Waals surface area contributed by atoms with Gasteiger partial charge in [-0.2, -0.15) is 5.26 Å². The van der Waals surface area contributed by atoms with Crippen molar-refractivity contribution in [2.45, 2.75) is 13.8 Å². The van der Waals surface area contributed by atoms with Crippen molar-refractivity contribution in [3.8, 4) is 17.6 Å². The highest BCUT2D eigenvalue weighted by Crippen LogP contribution is 2.32. The summed E-state index contributed by atoms with van der Waals surface area (Å²) in [6.07, 6.45) is 1.56. The molecule has 1 amide bonds. The molecule has 24 heavy (non-hydrogen) atoms. The zero-order valence-corrected chi connectivity index (χ0v) is 14.1. The van der Waals surface area contributed by atoms with Crippen molar-refractivity contribution >= 4 is 22.8 Å². The van der Waals surface area contributed by atoms with Crippen LogP contribution in [0.25, 0.3) is 16.8 Å². The second-order valence-corrected chi connectivity index (χ2v) is 4.98. The van der Waals surface area contributed by atoms with Crippen molar-refractivity contribution in [2.75, 3.05) is 20.3 Å². The molecule has 0 aliphatic heterocycles. The lowest BCUT2D eigenvalue weighted by Crippen LogP contribution is -2.19. The lowest BCUT2D eigenvalue weighted by molar-refractivity contribution is -0.116. The van der Waals surface area contributed by atoms with Crippen molar-refractivity contribution in [3.63, 3.8) is 0 Å². The molecule has 0 spiro atoms. The van der Waals surface area contributed by atoms with E-state index in [1.807, 2.05) is 50.2 Å². The first-order chi connectivity index (χ1) is 11.6. The fourth-order valence-corrected chi connectivity index (χ4v) is 2.42. The lowest BCUT2D eigenvalue weighted by atomic mass is 10.0. The van der Waals surface area contributed by atoms with Gasteiger partial charge in [0, 0.05) is 12.6 Å². The monoisotopic (exact) mass is 324 g/mol. The Morgan fingerprint density at radius 1 is 1.21 bits per heavy atom. The summed E-state index contributed by atoms with van der Waals surface area (Å²) in [7, 11) is 1.49. The highest BCUT2D eigenvalue weighted by molar-refractivity contribution is 6.05. The van der Waals surface area contributed by atoms with Crippen LogP contribution in [0.5, 0.6) is 11.5 Å². The molecule has 0 saturated carbocycles. The molecule has 0 unspecified atom stereocenters. The number of carbonyl (C=O) groups is 1. The van der Waals surface area contributed by atoms with Gasteiger partial charge in [0.05, 0.1) is 13.2 Å². The molecule has 5 heteroatoms. The summed E-state index contributed by atoms with van der Waals surface area (Å²) in [5.41, 5.74) is 0.712. The third kappa shape index (κ3) is 3.66.